The number of carbonyl (C=O) groups is 1. The smallest absolute Gasteiger partial charge is 0.173 e. The van der Waals surface area contributed by atoms with Gasteiger partial charge in [-0.1, -0.05) is 52.3 Å². The lowest BCUT2D eigenvalue weighted by molar-refractivity contribution is 0.102. The molecule has 0 unspecified atom stereocenters. The zero-order chi connectivity index (χ0) is 13.1. The van der Waals surface area contributed by atoms with E-state index in [9.17, 15) is 9.18 Å². The Labute approximate surface area is 114 Å². The molecule has 0 atom stereocenters. The van der Waals surface area contributed by atoms with Crippen molar-refractivity contribution in [2.24, 2.45) is 0 Å². The molecule has 0 aliphatic rings. The zero-order valence-corrected chi connectivity index (χ0v) is 11.5. The predicted molar refractivity (Wildman–Crippen MR) is 74.7 cm³/mol. The number of ketones is 1. The highest BCUT2D eigenvalue weighted by atomic mass is 79.9. The maximum atomic E-state index is 14.0. The summed E-state index contributed by atoms with van der Waals surface area (Å²) in [6.07, 6.45) is 0. The van der Waals surface area contributed by atoms with Crippen LogP contribution in [0, 0.1) is 12.7 Å². The van der Waals surface area contributed by atoms with Gasteiger partial charge in [0.15, 0.2) is 5.78 Å². The molecule has 0 saturated heterocycles. The van der Waals surface area contributed by atoms with Crippen LogP contribution in [-0.4, -0.2) is 11.1 Å². The summed E-state index contributed by atoms with van der Waals surface area (Å²) in [5.41, 5.74) is 2.50. The Morgan fingerprint density at radius 3 is 2.56 bits per heavy atom. The first kappa shape index (κ1) is 13.0. The topological polar surface area (TPSA) is 17.1 Å². The third kappa shape index (κ3) is 2.51. The molecule has 0 aliphatic heterocycles. The molecule has 1 nitrogen and oxygen atoms in total. The van der Waals surface area contributed by atoms with E-state index in [1.54, 1.807) is 30.3 Å². The summed E-state index contributed by atoms with van der Waals surface area (Å²) >= 11 is 3.15. The minimum Gasteiger partial charge on any atom is -0.293 e. The number of Topliss-reactive ketones (excluding diaryl/α,β-unsaturated/α-hetero) is 1. The number of hydrogen-bond donors (Lipinski definition) is 0. The monoisotopic (exact) mass is 306 g/mol. The summed E-state index contributed by atoms with van der Waals surface area (Å²) < 4.78 is 14.0. The average molecular weight is 307 g/mol. The first-order chi connectivity index (χ1) is 8.63. The van der Waals surface area contributed by atoms with Crippen molar-refractivity contribution in [1.82, 2.24) is 0 Å². The molecular formula is C15H12BrFO. The lowest BCUT2D eigenvalue weighted by Crippen LogP contribution is -2.03. The molecule has 18 heavy (non-hydrogen) atoms. The van der Waals surface area contributed by atoms with E-state index in [0.717, 1.165) is 5.56 Å². The van der Waals surface area contributed by atoms with Crippen molar-refractivity contribution >= 4 is 21.7 Å². The number of alkyl halides is 1. The van der Waals surface area contributed by atoms with Crippen molar-refractivity contribution in [3.05, 3.63) is 59.4 Å². The molecule has 0 aromatic heterocycles. The maximum absolute atomic E-state index is 14.0. The molecule has 3 heteroatoms. The van der Waals surface area contributed by atoms with Gasteiger partial charge in [0.2, 0.25) is 0 Å². The van der Waals surface area contributed by atoms with Gasteiger partial charge in [-0.2, -0.15) is 0 Å². The molecule has 0 N–H and O–H groups in total. The van der Waals surface area contributed by atoms with Crippen LogP contribution in [0.25, 0.3) is 11.1 Å². The van der Waals surface area contributed by atoms with Crippen LogP contribution in [0.1, 0.15) is 15.9 Å². The average Bonchev–Trinajstić information content (AvgIpc) is 2.38. The highest BCUT2D eigenvalue weighted by Gasteiger charge is 2.13. The maximum Gasteiger partial charge on any atom is 0.173 e. The van der Waals surface area contributed by atoms with Crippen molar-refractivity contribution in [2.75, 3.05) is 5.33 Å². The molecule has 0 amide bonds. The molecule has 0 spiro atoms. The SMILES string of the molecule is Cc1ccc(-c2ccccc2C(=O)CBr)c(F)c1. The van der Waals surface area contributed by atoms with E-state index in [0.29, 0.717) is 16.7 Å². The predicted octanol–water partition coefficient (Wildman–Crippen LogP) is 4.38. The quantitative estimate of drug-likeness (QED) is 0.607. The molecule has 0 fully saturated rings. The Kier molecular flexibility index (Phi) is 3.92. The van der Waals surface area contributed by atoms with E-state index in [1.807, 2.05) is 13.0 Å². The lowest BCUT2D eigenvalue weighted by atomic mass is 9.96. The van der Waals surface area contributed by atoms with E-state index < -0.39 is 0 Å². The van der Waals surface area contributed by atoms with Gasteiger partial charge < -0.3 is 0 Å². The van der Waals surface area contributed by atoms with Crippen LogP contribution in [0.2, 0.25) is 0 Å². The van der Waals surface area contributed by atoms with E-state index in [2.05, 4.69) is 15.9 Å². The van der Waals surface area contributed by atoms with Gasteiger partial charge >= 0.3 is 0 Å². The fraction of sp³-hybridized carbons (Fsp3) is 0.133. The summed E-state index contributed by atoms with van der Waals surface area (Å²) in [6.45, 7) is 1.84. The summed E-state index contributed by atoms with van der Waals surface area (Å²) in [4.78, 5) is 11.8. The summed E-state index contributed by atoms with van der Waals surface area (Å²) in [6, 6.07) is 12.1. The van der Waals surface area contributed by atoms with Crippen molar-refractivity contribution < 1.29 is 9.18 Å². The van der Waals surface area contributed by atoms with Crippen molar-refractivity contribution in [2.45, 2.75) is 6.92 Å². The van der Waals surface area contributed by atoms with Crippen LogP contribution in [0.3, 0.4) is 0 Å². The third-order valence-corrected chi connectivity index (χ3v) is 3.27. The van der Waals surface area contributed by atoms with Gasteiger partial charge in [0.1, 0.15) is 5.82 Å². The molecule has 2 aromatic rings. The normalized spacial score (nSPS) is 10.4. The number of carbonyl (C=O) groups excluding carboxylic acids is 1. The van der Waals surface area contributed by atoms with Gasteiger partial charge in [-0.3, -0.25) is 4.79 Å². The lowest BCUT2D eigenvalue weighted by Gasteiger charge is -2.09. The van der Waals surface area contributed by atoms with Crippen LogP contribution >= 0.6 is 15.9 Å². The van der Waals surface area contributed by atoms with E-state index >= 15 is 0 Å². The molecular weight excluding hydrogens is 295 g/mol. The molecule has 92 valence electrons. The minimum absolute atomic E-state index is 0.0504. The highest BCUT2D eigenvalue weighted by molar-refractivity contribution is 9.09. The number of aryl methyl sites for hydroxylation is 1. The van der Waals surface area contributed by atoms with E-state index in [-0.39, 0.29) is 16.9 Å². The third-order valence-electron chi connectivity index (χ3n) is 2.76. The van der Waals surface area contributed by atoms with Crippen LogP contribution in [-0.2, 0) is 0 Å². The number of benzene rings is 2. The van der Waals surface area contributed by atoms with Crippen molar-refractivity contribution in [3.8, 4) is 11.1 Å². The number of rotatable bonds is 3. The van der Waals surface area contributed by atoms with Gasteiger partial charge in [0, 0.05) is 11.1 Å². The molecule has 0 saturated carbocycles. The largest absolute Gasteiger partial charge is 0.293 e. The number of halogens is 2. The van der Waals surface area contributed by atoms with Crippen LogP contribution in [0.4, 0.5) is 4.39 Å². The van der Waals surface area contributed by atoms with Gasteiger partial charge in [-0.25, -0.2) is 4.39 Å². The van der Waals surface area contributed by atoms with Gasteiger partial charge in [0.25, 0.3) is 0 Å². The highest BCUT2D eigenvalue weighted by Crippen LogP contribution is 2.27. The molecule has 0 radical (unpaired) electrons. The molecule has 0 bridgehead atoms. The Morgan fingerprint density at radius 1 is 1.17 bits per heavy atom. The second-order valence-electron chi connectivity index (χ2n) is 4.09. The van der Waals surface area contributed by atoms with Gasteiger partial charge in [0.05, 0.1) is 5.33 Å². The first-order valence-corrected chi connectivity index (χ1v) is 6.70. The van der Waals surface area contributed by atoms with Crippen molar-refractivity contribution in [3.63, 3.8) is 0 Å². The second kappa shape index (κ2) is 5.44. The second-order valence-corrected chi connectivity index (χ2v) is 4.65. The molecule has 2 aromatic carbocycles. The fourth-order valence-corrected chi connectivity index (χ4v) is 2.17. The van der Waals surface area contributed by atoms with Crippen molar-refractivity contribution in [1.29, 1.82) is 0 Å². The molecule has 0 heterocycles. The Balaban J connectivity index is 2.60. The summed E-state index contributed by atoms with van der Waals surface area (Å²) in [5, 5.41) is 0.234. The Bertz CT molecular complexity index is 593. The van der Waals surface area contributed by atoms with E-state index in [1.165, 1.54) is 6.07 Å². The summed E-state index contributed by atoms with van der Waals surface area (Å²) in [7, 11) is 0. The molecule has 0 aliphatic carbocycles. The Morgan fingerprint density at radius 2 is 1.89 bits per heavy atom. The van der Waals surface area contributed by atoms with Gasteiger partial charge in [-0.05, 0) is 24.1 Å². The van der Waals surface area contributed by atoms with Crippen LogP contribution < -0.4 is 0 Å². The van der Waals surface area contributed by atoms with Crippen LogP contribution in [0.5, 0.6) is 0 Å². The summed E-state index contributed by atoms with van der Waals surface area (Å²) in [5.74, 6) is -0.351. The fourth-order valence-electron chi connectivity index (χ4n) is 1.87. The standard InChI is InChI=1S/C15H12BrFO/c1-10-6-7-12(14(17)8-10)11-4-2-3-5-13(11)15(18)9-16/h2-8H,9H2,1H3. The van der Waals surface area contributed by atoms with Crippen LogP contribution in [0.15, 0.2) is 42.5 Å². The first-order valence-electron chi connectivity index (χ1n) is 5.58. The van der Waals surface area contributed by atoms with Gasteiger partial charge in [-0.15, -0.1) is 0 Å². The Hall–Kier alpha value is -1.48. The zero-order valence-electron chi connectivity index (χ0n) is 9.91. The number of hydrogen-bond acceptors (Lipinski definition) is 1. The minimum atomic E-state index is -0.301. The molecule has 2 rings (SSSR count). The van der Waals surface area contributed by atoms with E-state index in [4.69, 9.17) is 0 Å².